The molecule has 1 atom stereocenters. The lowest BCUT2D eigenvalue weighted by molar-refractivity contribution is -0.120. The van der Waals surface area contributed by atoms with Crippen LogP contribution in [0.3, 0.4) is 0 Å². The van der Waals surface area contributed by atoms with Crippen molar-refractivity contribution < 1.29 is 22.0 Å². The number of nitrogens with one attached hydrogen (secondary N) is 1. The van der Waals surface area contributed by atoms with E-state index in [1.54, 1.807) is 18.2 Å². The number of sulfonamides is 1. The standard InChI is InChI=1S/C17H17F2N3O3S/c18-13-6-3-7-14(19)16(13)26(24,25)22-10-4-5-12(11-22)17(23)21-15-8-1-2-9-20-15/h1-3,6-9,12H,4-5,10-11H2,(H,20,21,23)/t12-/m0/s1. The summed E-state index contributed by atoms with van der Waals surface area (Å²) in [6.45, 7) is -0.0434. The summed E-state index contributed by atoms with van der Waals surface area (Å²) in [6.07, 6.45) is 2.41. The first-order chi connectivity index (χ1) is 12.4. The Kier molecular flexibility index (Phi) is 5.28. The molecule has 1 N–H and O–H groups in total. The molecular weight excluding hydrogens is 364 g/mol. The van der Waals surface area contributed by atoms with Crippen LogP contribution in [0, 0.1) is 17.6 Å². The summed E-state index contributed by atoms with van der Waals surface area (Å²) in [5, 5.41) is 2.63. The zero-order valence-electron chi connectivity index (χ0n) is 13.7. The molecule has 1 fully saturated rings. The van der Waals surface area contributed by atoms with Crippen LogP contribution in [-0.4, -0.2) is 36.7 Å². The summed E-state index contributed by atoms with van der Waals surface area (Å²) in [7, 11) is -4.37. The average molecular weight is 381 g/mol. The van der Waals surface area contributed by atoms with Crippen LogP contribution in [0.5, 0.6) is 0 Å². The van der Waals surface area contributed by atoms with Crippen LogP contribution in [0.4, 0.5) is 14.6 Å². The smallest absolute Gasteiger partial charge is 0.248 e. The van der Waals surface area contributed by atoms with Gasteiger partial charge < -0.3 is 5.32 Å². The van der Waals surface area contributed by atoms with Crippen molar-refractivity contribution in [3.63, 3.8) is 0 Å². The number of amides is 1. The SMILES string of the molecule is O=C(Nc1ccccn1)[C@H]1CCCN(S(=O)(=O)c2c(F)cccc2F)C1. The van der Waals surface area contributed by atoms with Crippen LogP contribution in [0.15, 0.2) is 47.5 Å². The van der Waals surface area contributed by atoms with Crippen LogP contribution >= 0.6 is 0 Å². The molecule has 26 heavy (non-hydrogen) atoms. The summed E-state index contributed by atoms with van der Waals surface area (Å²) in [4.78, 5) is 15.4. The highest BCUT2D eigenvalue weighted by atomic mass is 32.2. The minimum Gasteiger partial charge on any atom is -0.310 e. The van der Waals surface area contributed by atoms with Crippen LogP contribution < -0.4 is 5.32 Å². The van der Waals surface area contributed by atoms with Crippen molar-refractivity contribution in [2.45, 2.75) is 17.7 Å². The number of carbonyl (C=O) groups excluding carboxylic acids is 1. The maximum Gasteiger partial charge on any atom is 0.248 e. The summed E-state index contributed by atoms with van der Waals surface area (Å²) < 4.78 is 54.1. The molecule has 138 valence electrons. The first kappa shape index (κ1) is 18.4. The predicted octanol–water partition coefficient (Wildman–Crippen LogP) is 2.40. The number of carbonyl (C=O) groups is 1. The molecule has 1 saturated heterocycles. The molecule has 2 aromatic rings. The lowest BCUT2D eigenvalue weighted by atomic mass is 9.99. The Labute approximate surface area is 149 Å². The lowest BCUT2D eigenvalue weighted by Crippen LogP contribution is -2.44. The van der Waals surface area contributed by atoms with E-state index in [9.17, 15) is 22.0 Å². The molecule has 1 aromatic carbocycles. The van der Waals surface area contributed by atoms with Crippen LogP contribution in [-0.2, 0) is 14.8 Å². The van der Waals surface area contributed by atoms with E-state index < -0.39 is 32.5 Å². The van der Waals surface area contributed by atoms with Gasteiger partial charge in [-0.05, 0) is 37.1 Å². The molecule has 0 unspecified atom stereocenters. The van der Waals surface area contributed by atoms with Gasteiger partial charge >= 0.3 is 0 Å². The minimum atomic E-state index is -4.37. The Morgan fingerprint density at radius 1 is 1.15 bits per heavy atom. The van der Waals surface area contributed by atoms with Crippen molar-refractivity contribution >= 4 is 21.7 Å². The van der Waals surface area contributed by atoms with Gasteiger partial charge in [0, 0.05) is 19.3 Å². The van der Waals surface area contributed by atoms with Gasteiger partial charge in [0.05, 0.1) is 5.92 Å². The Balaban J connectivity index is 1.78. The van der Waals surface area contributed by atoms with E-state index in [4.69, 9.17) is 0 Å². The normalized spacial score (nSPS) is 18.5. The maximum absolute atomic E-state index is 13.9. The number of aromatic nitrogens is 1. The molecule has 3 rings (SSSR count). The Hall–Kier alpha value is -2.39. The van der Waals surface area contributed by atoms with E-state index >= 15 is 0 Å². The summed E-state index contributed by atoms with van der Waals surface area (Å²) in [6, 6.07) is 7.91. The first-order valence-electron chi connectivity index (χ1n) is 8.05. The highest BCUT2D eigenvalue weighted by Crippen LogP contribution is 2.27. The number of hydrogen-bond donors (Lipinski definition) is 1. The fraction of sp³-hybridized carbons (Fsp3) is 0.294. The topological polar surface area (TPSA) is 79.4 Å². The molecule has 1 aromatic heterocycles. The number of halogens is 2. The van der Waals surface area contributed by atoms with Gasteiger partial charge in [0.1, 0.15) is 17.5 Å². The number of nitrogens with zero attached hydrogens (tertiary/aromatic N) is 2. The van der Waals surface area contributed by atoms with E-state index in [0.29, 0.717) is 18.7 Å². The molecule has 6 nitrogen and oxygen atoms in total. The number of pyridine rings is 1. The third kappa shape index (κ3) is 3.73. The molecule has 1 aliphatic heterocycles. The zero-order valence-corrected chi connectivity index (χ0v) is 14.5. The number of hydrogen-bond acceptors (Lipinski definition) is 4. The van der Waals surface area contributed by atoms with Gasteiger partial charge in [-0.3, -0.25) is 4.79 Å². The lowest BCUT2D eigenvalue weighted by Gasteiger charge is -2.31. The molecule has 9 heteroatoms. The maximum atomic E-state index is 13.9. The molecule has 0 radical (unpaired) electrons. The van der Waals surface area contributed by atoms with Crippen molar-refractivity contribution in [3.05, 3.63) is 54.2 Å². The van der Waals surface area contributed by atoms with E-state index in [0.717, 1.165) is 22.5 Å². The van der Waals surface area contributed by atoms with Crippen LogP contribution in [0.2, 0.25) is 0 Å². The predicted molar refractivity (Wildman–Crippen MR) is 90.7 cm³/mol. The molecule has 0 aliphatic carbocycles. The van der Waals surface area contributed by atoms with E-state index in [-0.39, 0.29) is 19.0 Å². The largest absolute Gasteiger partial charge is 0.310 e. The number of benzene rings is 1. The molecule has 0 spiro atoms. The van der Waals surface area contributed by atoms with Gasteiger partial charge in [-0.1, -0.05) is 12.1 Å². The third-order valence-corrected chi connectivity index (χ3v) is 6.11. The monoisotopic (exact) mass is 381 g/mol. The third-order valence-electron chi connectivity index (χ3n) is 4.19. The second-order valence-electron chi connectivity index (χ2n) is 5.96. The fourth-order valence-electron chi connectivity index (χ4n) is 2.90. The highest BCUT2D eigenvalue weighted by Gasteiger charge is 2.36. The van der Waals surface area contributed by atoms with Crippen molar-refractivity contribution in [3.8, 4) is 0 Å². The van der Waals surface area contributed by atoms with Gasteiger partial charge in [0.25, 0.3) is 0 Å². The number of rotatable bonds is 4. The van der Waals surface area contributed by atoms with Crippen molar-refractivity contribution in [2.75, 3.05) is 18.4 Å². The molecule has 0 bridgehead atoms. The second-order valence-corrected chi connectivity index (χ2v) is 7.83. The Bertz CT molecular complexity index is 886. The van der Waals surface area contributed by atoms with Crippen molar-refractivity contribution in [2.24, 2.45) is 5.92 Å². The van der Waals surface area contributed by atoms with Gasteiger partial charge in [-0.15, -0.1) is 0 Å². The number of piperidine rings is 1. The van der Waals surface area contributed by atoms with Crippen molar-refractivity contribution in [1.82, 2.24) is 9.29 Å². The molecule has 0 saturated carbocycles. The summed E-state index contributed by atoms with van der Waals surface area (Å²) in [5.74, 6) is -2.94. The average Bonchev–Trinajstić information content (AvgIpc) is 2.62. The first-order valence-corrected chi connectivity index (χ1v) is 9.49. The van der Waals surface area contributed by atoms with Crippen LogP contribution in [0.25, 0.3) is 0 Å². The minimum absolute atomic E-state index is 0.101. The Morgan fingerprint density at radius 3 is 2.54 bits per heavy atom. The van der Waals surface area contributed by atoms with Crippen molar-refractivity contribution in [1.29, 1.82) is 0 Å². The molecule has 1 aliphatic rings. The van der Waals surface area contributed by atoms with E-state index in [1.165, 1.54) is 6.20 Å². The zero-order chi connectivity index (χ0) is 18.7. The highest BCUT2D eigenvalue weighted by molar-refractivity contribution is 7.89. The van der Waals surface area contributed by atoms with E-state index in [1.807, 2.05) is 0 Å². The fourth-order valence-corrected chi connectivity index (χ4v) is 4.53. The summed E-state index contributed by atoms with van der Waals surface area (Å²) >= 11 is 0. The second kappa shape index (κ2) is 7.46. The summed E-state index contributed by atoms with van der Waals surface area (Å²) in [5.41, 5.74) is 0. The van der Waals surface area contributed by atoms with Gasteiger partial charge in [-0.2, -0.15) is 4.31 Å². The van der Waals surface area contributed by atoms with Gasteiger partial charge in [0.15, 0.2) is 4.90 Å². The van der Waals surface area contributed by atoms with Crippen LogP contribution in [0.1, 0.15) is 12.8 Å². The molecular formula is C17H17F2N3O3S. The van der Waals surface area contributed by atoms with Gasteiger partial charge in [-0.25, -0.2) is 22.2 Å². The quantitative estimate of drug-likeness (QED) is 0.882. The number of anilines is 1. The Morgan fingerprint density at radius 2 is 1.88 bits per heavy atom. The van der Waals surface area contributed by atoms with Gasteiger partial charge in [0.2, 0.25) is 15.9 Å². The molecule has 2 heterocycles. The molecule has 1 amide bonds. The van der Waals surface area contributed by atoms with E-state index in [2.05, 4.69) is 10.3 Å².